The number of methoxy groups -OCH3 is 1. The summed E-state index contributed by atoms with van der Waals surface area (Å²) in [4.78, 5) is 23.0. The summed E-state index contributed by atoms with van der Waals surface area (Å²) in [5, 5.41) is 4.60. The number of nitrogens with zero attached hydrogens (tertiary/aromatic N) is 5. The van der Waals surface area contributed by atoms with Crippen LogP contribution in [0.4, 0.5) is 5.69 Å². The number of carbonyl (C=O) groups is 1. The number of hydrogen-bond acceptors (Lipinski definition) is 5. The first-order chi connectivity index (χ1) is 15.1. The van der Waals surface area contributed by atoms with Crippen molar-refractivity contribution in [2.24, 2.45) is 0 Å². The summed E-state index contributed by atoms with van der Waals surface area (Å²) < 4.78 is 7.14. The molecule has 0 spiro atoms. The van der Waals surface area contributed by atoms with Crippen molar-refractivity contribution in [2.45, 2.75) is 26.4 Å². The first-order valence-electron chi connectivity index (χ1n) is 10.3. The van der Waals surface area contributed by atoms with E-state index in [1.807, 2.05) is 65.1 Å². The number of pyridine rings is 1. The molecule has 4 aromatic rings. The van der Waals surface area contributed by atoms with Crippen LogP contribution < -0.4 is 4.90 Å². The minimum Gasteiger partial charge on any atom is -0.378 e. The zero-order valence-electron chi connectivity index (χ0n) is 17.6. The molecule has 1 amide bonds. The van der Waals surface area contributed by atoms with Gasteiger partial charge in [0.2, 0.25) is 5.91 Å². The lowest BCUT2D eigenvalue weighted by Crippen LogP contribution is -2.23. The van der Waals surface area contributed by atoms with Gasteiger partial charge in [0.25, 0.3) is 0 Å². The molecule has 31 heavy (non-hydrogen) atoms. The smallest absolute Gasteiger partial charge is 0.227 e. The Bertz CT molecular complexity index is 1260. The first-order valence-corrected chi connectivity index (χ1v) is 10.3. The Labute approximate surface area is 180 Å². The minimum atomic E-state index is 0.194. The van der Waals surface area contributed by atoms with Crippen LogP contribution in [0.25, 0.3) is 28.0 Å². The normalized spacial score (nSPS) is 14.0. The van der Waals surface area contributed by atoms with Gasteiger partial charge < -0.3 is 9.64 Å². The lowest BCUT2D eigenvalue weighted by molar-refractivity contribution is -0.117. The molecule has 156 valence electrons. The van der Waals surface area contributed by atoms with Crippen LogP contribution in [0.3, 0.4) is 0 Å². The Balaban J connectivity index is 1.53. The van der Waals surface area contributed by atoms with Gasteiger partial charge in [-0.2, -0.15) is 5.10 Å². The molecule has 1 saturated heterocycles. The second kappa shape index (κ2) is 7.92. The quantitative estimate of drug-likeness (QED) is 0.494. The molecule has 0 N–H and O–H groups in total. The van der Waals surface area contributed by atoms with Crippen LogP contribution in [0, 0.1) is 6.92 Å². The van der Waals surface area contributed by atoms with Gasteiger partial charge in [0.15, 0.2) is 5.65 Å². The fourth-order valence-corrected chi connectivity index (χ4v) is 4.06. The van der Waals surface area contributed by atoms with E-state index >= 15 is 0 Å². The maximum atomic E-state index is 12.0. The van der Waals surface area contributed by atoms with Gasteiger partial charge in [0.05, 0.1) is 23.7 Å². The van der Waals surface area contributed by atoms with Gasteiger partial charge in [-0.25, -0.2) is 9.50 Å². The number of ether oxygens (including phenoxy) is 1. The Morgan fingerprint density at radius 3 is 2.58 bits per heavy atom. The number of anilines is 1. The van der Waals surface area contributed by atoms with Crippen molar-refractivity contribution in [3.05, 3.63) is 66.2 Å². The molecule has 1 fully saturated rings. The second-order valence-corrected chi connectivity index (χ2v) is 7.78. The van der Waals surface area contributed by atoms with Gasteiger partial charge in [-0.15, -0.1) is 0 Å². The molecule has 3 aromatic heterocycles. The number of carbonyl (C=O) groups excluding carboxylic acids is 1. The summed E-state index contributed by atoms with van der Waals surface area (Å²) in [7, 11) is 1.66. The van der Waals surface area contributed by atoms with E-state index in [2.05, 4.69) is 21.1 Å². The minimum absolute atomic E-state index is 0.194. The van der Waals surface area contributed by atoms with Crippen LogP contribution in [0.5, 0.6) is 0 Å². The molecule has 7 heteroatoms. The molecule has 1 aliphatic heterocycles. The molecule has 0 bridgehead atoms. The molecule has 0 unspecified atom stereocenters. The molecule has 7 nitrogen and oxygen atoms in total. The number of rotatable bonds is 5. The van der Waals surface area contributed by atoms with Crippen LogP contribution in [-0.4, -0.2) is 39.1 Å². The highest BCUT2D eigenvalue weighted by Gasteiger charge is 2.21. The maximum Gasteiger partial charge on any atom is 0.227 e. The first kappa shape index (κ1) is 19.4. The molecule has 0 atom stereocenters. The second-order valence-electron chi connectivity index (χ2n) is 7.78. The Kier molecular flexibility index (Phi) is 4.95. The van der Waals surface area contributed by atoms with Gasteiger partial charge in [-0.3, -0.25) is 9.78 Å². The van der Waals surface area contributed by atoms with E-state index in [-0.39, 0.29) is 5.91 Å². The van der Waals surface area contributed by atoms with Gasteiger partial charge >= 0.3 is 0 Å². The fraction of sp³-hybridized carbons (Fsp3) is 0.250. The third kappa shape index (κ3) is 3.68. The van der Waals surface area contributed by atoms with Crippen molar-refractivity contribution >= 4 is 17.2 Å². The molecule has 1 aromatic carbocycles. The zero-order chi connectivity index (χ0) is 21.4. The third-order valence-corrected chi connectivity index (χ3v) is 5.51. The SMILES string of the molecule is COCc1cc(-c2cncc(-c3ccc(N4CCCC4=O)cc3)c2)n2nc(C)cc2n1. The summed E-state index contributed by atoms with van der Waals surface area (Å²) >= 11 is 0. The largest absolute Gasteiger partial charge is 0.378 e. The van der Waals surface area contributed by atoms with Gasteiger partial charge in [0, 0.05) is 55.3 Å². The van der Waals surface area contributed by atoms with Crippen molar-refractivity contribution in [1.29, 1.82) is 0 Å². The van der Waals surface area contributed by atoms with Crippen LogP contribution in [-0.2, 0) is 16.1 Å². The monoisotopic (exact) mass is 413 g/mol. The van der Waals surface area contributed by atoms with Gasteiger partial charge in [-0.1, -0.05) is 12.1 Å². The summed E-state index contributed by atoms with van der Waals surface area (Å²) in [5.41, 5.74) is 7.38. The predicted octanol–water partition coefficient (Wildman–Crippen LogP) is 4.04. The van der Waals surface area contributed by atoms with Crippen LogP contribution in [0.1, 0.15) is 24.2 Å². The van der Waals surface area contributed by atoms with E-state index in [9.17, 15) is 4.79 Å². The van der Waals surface area contributed by atoms with Gasteiger partial charge in [0.1, 0.15) is 0 Å². The topological polar surface area (TPSA) is 72.6 Å². The molecular weight excluding hydrogens is 390 g/mol. The third-order valence-electron chi connectivity index (χ3n) is 5.51. The highest BCUT2D eigenvalue weighted by Crippen LogP contribution is 2.29. The number of benzene rings is 1. The standard InChI is InChI=1S/C24H23N5O2/c1-16-10-23-26-20(15-31-2)12-22(29(23)27-16)19-11-18(13-25-14-19)17-5-7-21(8-6-17)28-9-3-4-24(28)30/h5-8,10-14H,3-4,9,15H2,1-2H3. The molecule has 0 aliphatic carbocycles. The van der Waals surface area contributed by atoms with E-state index in [1.54, 1.807) is 7.11 Å². The molecule has 0 radical (unpaired) electrons. The van der Waals surface area contributed by atoms with Crippen molar-refractivity contribution in [2.75, 3.05) is 18.6 Å². The van der Waals surface area contributed by atoms with Gasteiger partial charge in [-0.05, 0) is 43.2 Å². The number of hydrogen-bond donors (Lipinski definition) is 0. The summed E-state index contributed by atoms with van der Waals surface area (Å²) in [6, 6.07) is 14.1. The van der Waals surface area contributed by atoms with Crippen molar-refractivity contribution in [1.82, 2.24) is 19.6 Å². The van der Waals surface area contributed by atoms with E-state index in [1.165, 1.54) is 0 Å². The molecular formula is C24H23N5O2. The van der Waals surface area contributed by atoms with E-state index in [0.717, 1.165) is 58.1 Å². The van der Waals surface area contributed by atoms with E-state index < -0.39 is 0 Å². The molecule has 1 aliphatic rings. The summed E-state index contributed by atoms with van der Waals surface area (Å²) in [6.45, 7) is 3.17. The van der Waals surface area contributed by atoms with Crippen LogP contribution in [0.15, 0.2) is 54.9 Å². The Morgan fingerprint density at radius 1 is 1.03 bits per heavy atom. The van der Waals surface area contributed by atoms with Crippen molar-refractivity contribution < 1.29 is 9.53 Å². The van der Waals surface area contributed by atoms with E-state index in [4.69, 9.17) is 4.74 Å². The summed E-state index contributed by atoms with van der Waals surface area (Å²) in [5.74, 6) is 0.194. The highest BCUT2D eigenvalue weighted by molar-refractivity contribution is 5.95. The Morgan fingerprint density at radius 2 is 1.84 bits per heavy atom. The lowest BCUT2D eigenvalue weighted by atomic mass is 10.0. The molecule has 0 saturated carbocycles. The average molecular weight is 413 g/mol. The highest BCUT2D eigenvalue weighted by atomic mass is 16.5. The number of amides is 1. The molecule has 5 rings (SSSR count). The van der Waals surface area contributed by atoms with Crippen LogP contribution >= 0.6 is 0 Å². The van der Waals surface area contributed by atoms with Crippen molar-refractivity contribution in [3.63, 3.8) is 0 Å². The zero-order valence-corrected chi connectivity index (χ0v) is 17.6. The van der Waals surface area contributed by atoms with Crippen molar-refractivity contribution in [3.8, 4) is 22.4 Å². The number of fused-ring (bicyclic) bond motifs is 1. The van der Waals surface area contributed by atoms with Crippen LogP contribution in [0.2, 0.25) is 0 Å². The molecule has 4 heterocycles. The van der Waals surface area contributed by atoms with E-state index in [0.29, 0.717) is 13.0 Å². The summed E-state index contributed by atoms with van der Waals surface area (Å²) in [6.07, 6.45) is 5.24. The average Bonchev–Trinajstić information content (AvgIpc) is 3.38. The lowest BCUT2D eigenvalue weighted by Gasteiger charge is -2.16. The Hall–Kier alpha value is -3.58. The number of aromatic nitrogens is 4. The maximum absolute atomic E-state index is 12.0. The number of aryl methyl sites for hydroxylation is 1. The fourth-order valence-electron chi connectivity index (χ4n) is 4.06. The predicted molar refractivity (Wildman–Crippen MR) is 119 cm³/mol.